The van der Waals surface area contributed by atoms with Crippen molar-refractivity contribution in [1.29, 1.82) is 0 Å². The van der Waals surface area contributed by atoms with Crippen molar-refractivity contribution in [3.8, 4) is 0 Å². The zero-order chi connectivity index (χ0) is 13.0. The van der Waals surface area contributed by atoms with E-state index < -0.39 is 0 Å². The number of anilines is 1. The average molecular weight is 246 g/mol. The van der Waals surface area contributed by atoms with Gasteiger partial charge in [-0.25, -0.2) is 0 Å². The largest absolute Gasteiger partial charge is 0.317 e. The molecule has 18 heavy (non-hydrogen) atoms. The van der Waals surface area contributed by atoms with Gasteiger partial charge in [-0.3, -0.25) is 4.79 Å². The molecule has 0 saturated carbocycles. The van der Waals surface area contributed by atoms with Crippen LogP contribution in [0, 0.1) is 0 Å². The van der Waals surface area contributed by atoms with Crippen LogP contribution >= 0.6 is 0 Å². The summed E-state index contributed by atoms with van der Waals surface area (Å²) in [5.41, 5.74) is 2.29. The molecule has 0 aromatic heterocycles. The number of para-hydroxylation sites is 1. The van der Waals surface area contributed by atoms with Crippen LogP contribution in [-0.4, -0.2) is 25.5 Å². The van der Waals surface area contributed by atoms with E-state index in [9.17, 15) is 4.79 Å². The van der Waals surface area contributed by atoms with Crippen LogP contribution in [0.15, 0.2) is 24.3 Å². The summed E-state index contributed by atoms with van der Waals surface area (Å²) in [5, 5.41) is 3.24. The van der Waals surface area contributed by atoms with E-state index >= 15 is 0 Å². The second-order valence-electron chi connectivity index (χ2n) is 5.04. The summed E-state index contributed by atoms with van der Waals surface area (Å²) in [7, 11) is 1.99. The third-order valence-electron chi connectivity index (χ3n) is 3.69. The summed E-state index contributed by atoms with van der Waals surface area (Å²) < 4.78 is 0. The lowest BCUT2D eigenvalue weighted by atomic mass is 10.1. The van der Waals surface area contributed by atoms with Crippen LogP contribution in [0.4, 0.5) is 5.69 Å². The van der Waals surface area contributed by atoms with Gasteiger partial charge in [0.15, 0.2) is 0 Å². The third kappa shape index (κ3) is 2.91. The molecular formula is C15H22N2O. The van der Waals surface area contributed by atoms with Crippen molar-refractivity contribution in [3.63, 3.8) is 0 Å². The summed E-state index contributed by atoms with van der Waals surface area (Å²) in [6.07, 6.45) is 3.98. The summed E-state index contributed by atoms with van der Waals surface area (Å²) in [4.78, 5) is 13.9. The molecule has 1 aromatic rings. The second kappa shape index (κ2) is 6.01. The maximum atomic E-state index is 11.9. The number of nitrogens with zero attached hydrogens (tertiary/aromatic N) is 1. The Balaban J connectivity index is 1.85. The Bertz CT molecular complexity index is 417. The number of carbonyl (C=O) groups excluding carboxylic acids is 1. The average Bonchev–Trinajstić information content (AvgIpc) is 2.70. The fourth-order valence-corrected chi connectivity index (χ4v) is 2.43. The highest BCUT2D eigenvalue weighted by molar-refractivity contribution is 6.01. The highest BCUT2D eigenvalue weighted by Gasteiger charge is 2.25. The van der Waals surface area contributed by atoms with Crippen LogP contribution < -0.4 is 10.2 Å². The van der Waals surface area contributed by atoms with Crippen LogP contribution in [0.5, 0.6) is 0 Å². The summed E-state index contributed by atoms with van der Waals surface area (Å²) in [6, 6.07) is 8.68. The van der Waals surface area contributed by atoms with Gasteiger partial charge in [0, 0.05) is 18.3 Å². The van der Waals surface area contributed by atoms with Crippen molar-refractivity contribution in [1.82, 2.24) is 5.32 Å². The van der Waals surface area contributed by atoms with E-state index in [1.54, 1.807) is 0 Å². The van der Waals surface area contributed by atoms with Gasteiger partial charge in [-0.1, -0.05) is 24.6 Å². The predicted molar refractivity (Wildman–Crippen MR) is 74.9 cm³/mol. The molecule has 3 heteroatoms. The van der Waals surface area contributed by atoms with Crippen molar-refractivity contribution in [2.24, 2.45) is 0 Å². The molecule has 1 unspecified atom stereocenters. The molecule has 0 bridgehead atoms. The first kappa shape index (κ1) is 13.1. The van der Waals surface area contributed by atoms with E-state index in [-0.39, 0.29) is 5.91 Å². The minimum Gasteiger partial charge on any atom is -0.317 e. The highest BCUT2D eigenvalue weighted by atomic mass is 16.2. The molecule has 1 atom stereocenters. The summed E-state index contributed by atoms with van der Waals surface area (Å²) >= 11 is 0. The number of amides is 1. The van der Waals surface area contributed by atoms with Crippen LogP contribution in [0.2, 0.25) is 0 Å². The van der Waals surface area contributed by atoms with Crippen LogP contribution in [-0.2, 0) is 11.2 Å². The van der Waals surface area contributed by atoms with E-state index in [0.717, 1.165) is 25.1 Å². The monoisotopic (exact) mass is 246 g/mol. The number of carbonyl (C=O) groups is 1. The normalized spacial score (nSPS) is 15.9. The standard InChI is InChI=1S/C15H22N2O/c1-12(16-2)7-5-6-10-17-14-9-4-3-8-13(14)11-15(17)18/h3-4,8-9,12,16H,5-7,10-11H2,1-2H3. The Labute approximate surface area is 109 Å². The SMILES string of the molecule is CNC(C)CCCCN1C(=O)Cc2ccccc21. The van der Waals surface area contributed by atoms with Crippen molar-refractivity contribution in [3.05, 3.63) is 29.8 Å². The molecule has 1 aliphatic rings. The number of hydrogen-bond acceptors (Lipinski definition) is 2. The predicted octanol–water partition coefficient (Wildman–Crippen LogP) is 2.35. The maximum absolute atomic E-state index is 11.9. The Morgan fingerprint density at radius 1 is 1.33 bits per heavy atom. The first-order valence-electron chi connectivity index (χ1n) is 6.78. The molecular weight excluding hydrogens is 224 g/mol. The summed E-state index contributed by atoms with van der Waals surface area (Å²) in [5.74, 6) is 0.248. The van der Waals surface area contributed by atoms with E-state index in [1.807, 2.05) is 24.1 Å². The van der Waals surface area contributed by atoms with E-state index in [1.165, 1.54) is 12.0 Å². The first-order valence-corrected chi connectivity index (χ1v) is 6.78. The first-order chi connectivity index (χ1) is 8.72. The topological polar surface area (TPSA) is 32.3 Å². The zero-order valence-corrected chi connectivity index (χ0v) is 11.3. The molecule has 1 aliphatic heterocycles. The third-order valence-corrected chi connectivity index (χ3v) is 3.69. The van der Waals surface area contributed by atoms with Gasteiger partial charge >= 0.3 is 0 Å². The quantitative estimate of drug-likeness (QED) is 0.781. The van der Waals surface area contributed by atoms with E-state index in [4.69, 9.17) is 0 Å². The van der Waals surface area contributed by atoms with Gasteiger partial charge in [0.2, 0.25) is 5.91 Å². The van der Waals surface area contributed by atoms with Gasteiger partial charge in [-0.05, 0) is 38.4 Å². The molecule has 0 radical (unpaired) electrons. The molecule has 1 heterocycles. The lowest BCUT2D eigenvalue weighted by Crippen LogP contribution is -2.28. The van der Waals surface area contributed by atoms with E-state index in [2.05, 4.69) is 24.4 Å². The van der Waals surface area contributed by atoms with Crippen LogP contribution in [0.3, 0.4) is 0 Å². The maximum Gasteiger partial charge on any atom is 0.231 e. The fourth-order valence-electron chi connectivity index (χ4n) is 2.43. The van der Waals surface area contributed by atoms with Crippen molar-refractivity contribution in [2.45, 2.75) is 38.6 Å². The summed E-state index contributed by atoms with van der Waals surface area (Å²) in [6.45, 7) is 3.04. The van der Waals surface area contributed by atoms with Crippen molar-refractivity contribution >= 4 is 11.6 Å². The molecule has 0 fully saturated rings. The number of benzene rings is 1. The molecule has 1 N–H and O–H groups in total. The van der Waals surface area contributed by atoms with E-state index in [0.29, 0.717) is 12.5 Å². The number of fused-ring (bicyclic) bond motifs is 1. The van der Waals surface area contributed by atoms with Crippen molar-refractivity contribution < 1.29 is 4.79 Å². The van der Waals surface area contributed by atoms with Gasteiger partial charge in [-0.15, -0.1) is 0 Å². The molecule has 0 saturated heterocycles. The highest BCUT2D eigenvalue weighted by Crippen LogP contribution is 2.28. The Morgan fingerprint density at radius 2 is 2.11 bits per heavy atom. The molecule has 0 spiro atoms. The zero-order valence-electron chi connectivity index (χ0n) is 11.3. The fraction of sp³-hybridized carbons (Fsp3) is 0.533. The Hall–Kier alpha value is -1.35. The lowest BCUT2D eigenvalue weighted by Gasteiger charge is -2.18. The molecule has 1 aromatic carbocycles. The Kier molecular flexibility index (Phi) is 4.37. The van der Waals surface area contributed by atoms with Crippen molar-refractivity contribution in [2.75, 3.05) is 18.5 Å². The van der Waals surface area contributed by atoms with Gasteiger partial charge in [-0.2, -0.15) is 0 Å². The molecule has 3 nitrogen and oxygen atoms in total. The van der Waals surface area contributed by atoms with Gasteiger partial charge in [0.25, 0.3) is 0 Å². The minimum absolute atomic E-state index is 0.248. The second-order valence-corrected chi connectivity index (χ2v) is 5.04. The smallest absolute Gasteiger partial charge is 0.231 e. The minimum atomic E-state index is 0.248. The van der Waals surface area contributed by atoms with Gasteiger partial charge in [0.05, 0.1) is 6.42 Å². The van der Waals surface area contributed by atoms with Gasteiger partial charge in [0.1, 0.15) is 0 Å². The Morgan fingerprint density at radius 3 is 2.89 bits per heavy atom. The van der Waals surface area contributed by atoms with Gasteiger partial charge < -0.3 is 10.2 Å². The number of rotatable bonds is 6. The van der Waals surface area contributed by atoms with Crippen LogP contribution in [0.25, 0.3) is 0 Å². The number of hydrogen-bond donors (Lipinski definition) is 1. The number of nitrogens with one attached hydrogen (secondary N) is 1. The lowest BCUT2D eigenvalue weighted by molar-refractivity contribution is -0.117. The molecule has 98 valence electrons. The molecule has 1 amide bonds. The molecule has 0 aliphatic carbocycles. The van der Waals surface area contributed by atoms with Crippen LogP contribution in [0.1, 0.15) is 31.7 Å². The number of unbranched alkanes of at least 4 members (excludes halogenated alkanes) is 1. The molecule has 2 rings (SSSR count).